The second kappa shape index (κ2) is 6.52. The molecule has 2 nitrogen and oxygen atoms in total. The van der Waals surface area contributed by atoms with Gasteiger partial charge in [-0.05, 0) is 44.7 Å². The molecule has 0 saturated carbocycles. The lowest BCUT2D eigenvalue weighted by atomic mass is 10.2. The zero-order chi connectivity index (χ0) is 12.1. The van der Waals surface area contributed by atoms with Gasteiger partial charge >= 0.3 is 0 Å². The number of halogens is 1. The number of nitrogens with one attached hydrogen (secondary N) is 1. The van der Waals surface area contributed by atoms with Gasteiger partial charge in [0.05, 0.1) is 16.0 Å². The van der Waals surface area contributed by atoms with Crippen LogP contribution >= 0.6 is 15.9 Å². The summed E-state index contributed by atoms with van der Waals surface area (Å²) in [4.78, 5) is 0.889. The lowest BCUT2D eigenvalue weighted by Gasteiger charge is -2.20. The summed E-state index contributed by atoms with van der Waals surface area (Å²) in [6.45, 7) is 7.06. The van der Waals surface area contributed by atoms with Crippen LogP contribution in [-0.2, 0) is 10.8 Å². The zero-order valence-electron chi connectivity index (χ0n) is 9.87. The van der Waals surface area contributed by atoms with E-state index in [0.717, 1.165) is 15.9 Å². The maximum Gasteiger partial charge on any atom is 0.0573 e. The van der Waals surface area contributed by atoms with E-state index in [1.165, 1.54) is 0 Å². The standard InChI is InChI=1S/C12H18BrNOS/c1-4-14-9(2)10(3)16(15)12-7-5-11(13)6-8-12/h5-10,14H,4H2,1-3H3. The number of rotatable bonds is 5. The van der Waals surface area contributed by atoms with Gasteiger partial charge in [-0.2, -0.15) is 0 Å². The van der Waals surface area contributed by atoms with E-state index in [1.54, 1.807) is 0 Å². The molecule has 0 saturated heterocycles. The monoisotopic (exact) mass is 303 g/mol. The van der Waals surface area contributed by atoms with E-state index in [2.05, 4.69) is 35.1 Å². The number of benzene rings is 1. The zero-order valence-corrected chi connectivity index (χ0v) is 12.3. The fourth-order valence-corrected chi connectivity index (χ4v) is 3.02. The van der Waals surface area contributed by atoms with E-state index in [-0.39, 0.29) is 11.3 Å². The maximum atomic E-state index is 12.2. The molecule has 0 spiro atoms. The van der Waals surface area contributed by atoms with Crippen LogP contribution < -0.4 is 5.32 Å². The van der Waals surface area contributed by atoms with Gasteiger partial charge in [0.25, 0.3) is 0 Å². The molecule has 1 rings (SSSR count). The van der Waals surface area contributed by atoms with Crippen LogP contribution in [0.25, 0.3) is 0 Å². The molecule has 0 aliphatic heterocycles. The Bertz CT molecular complexity index is 353. The molecule has 0 aliphatic rings. The van der Waals surface area contributed by atoms with Crippen molar-refractivity contribution in [3.8, 4) is 0 Å². The van der Waals surface area contributed by atoms with Gasteiger partial charge in [-0.1, -0.05) is 22.9 Å². The van der Waals surface area contributed by atoms with Gasteiger partial charge in [0.1, 0.15) is 0 Å². The number of hydrogen-bond acceptors (Lipinski definition) is 2. The Morgan fingerprint density at radius 1 is 1.31 bits per heavy atom. The van der Waals surface area contributed by atoms with Crippen LogP contribution in [0.1, 0.15) is 20.8 Å². The van der Waals surface area contributed by atoms with Crippen LogP contribution in [0.4, 0.5) is 0 Å². The average molecular weight is 304 g/mol. The first kappa shape index (κ1) is 13.9. The molecular weight excluding hydrogens is 286 g/mol. The predicted molar refractivity (Wildman–Crippen MR) is 73.2 cm³/mol. The smallest absolute Gasteiger partial charge is 0.0573 e. The molecule has 0 bridgehead atoms. The minimum atomic E-state index is -0.951. The largest absolute Gasteiger partial charge is 0.313 e. The van der Waals surface area contributed by atoms with Crippen molar-refractivity contribution in [2.45, 2.75) is 37.0 Å². The Morgan fingerprint density at radius 3 is 2.38 bits per heavy atom. The molecule has 16 heavy (non-hydrogen) atoms. The van der Waals surface area contributed by atoms with Crippen molar-refractivity contribution in [3.63, 3.8) is 0 Å². The van der Waals surface area contributed by atoms with Crippen LogP contribution in [0.5, 0.6) is 0 Å². The Labute approximate surface area is 108 Å². The fraction of sp³-hybridized carbons (Fsp3) is 0.500. The third-order valence-electron chi connectivity index (χ3n) is 2.61. The van der Waals surface area contributed by atoms with E-state index in [9.17, 15) is 4.21 Å². The van der Waals surface area contributed by atoms with Gasteiger partial charge in [0.2, 0.25) is 0 Å². The van der Waals surface area contributed by atoms with E-state index in [0.29, 0.717) is 0 Å². The van der Waals surface area contributed by atoms with Crippen molar-refractivity contribution in [2.75, 3.05) is 6.54 Å². The van der Waals surface area contributed by atoms with E-state index in [4.69, 9.17) is 0 Å². The second-order valence-electron chi connectivity index (χ2n) is 3.80. The van der Waals surface area contributed by atoms with Gasteiger partial charge in [-0.3, -0.25) is 4.21 Å². The molecule has 0 fully saturated rings. The lowest BCUT2D eigenvalue weighted by Crippen LogP contribution is -2.37. The van der Waals surface area contributed by atoms with Crippen LogP contribution in [0.15, 0.2) is 33.6 Å². The summed E-state index contributed by atoms with van der Waals surface area (Å²) < 4.78 is 13.2. The minimum Gasteiger partial charge on any atom is -0.313 e. The summed E-state index contributed by atoms with van der Waals surface area (Å²) in [6, 6.07) is 7.94. The van der Waals surface area contributed by atoms with Crippen LogP contribution in [0.3, 0.4) is 0 Å². The molecule has 0 amide bonds. The molecule has 4 heteroatoms. The van der Waals surface area contributed by atoms with Crippen molar-refractivity contribution in [1.29, 1.82) is 0 Å². The van der Waals surface area contributed by atoms with E-state index < -0.39 is 10.8 Å². The predicted octanol–water partition coefficient (Wildman–Crippen LogP) is 2.94. The molecule has 1 N–H and O–H groups in total. The molecule has 1 aromatic rings. The SMILES string of the molecule is CCNC(C)C(C)S(=O)c1ccc(Br)cc1. The van der Waals surface area contributed by atoms with Crippen molar-refractivity contribution in [1.82, 2.24) is 5.32 Å². The van der Waals surface area contributed by atoms with Crippen LogP contribution in [0, 0.1) is 0 Å². The van der Waals surface area contributed by atoms with Crippen molar-refractivity contribution in [2.24, 2.45) is 0 Å². The van der Waals surface area contributed by atoms with Crippen molar-refractivity contribution >= 4 is 26.7 Å². The summed E-state index contributed by atoms with van der Waals surface area (Å²) in [5.41, 5.74) is 0. The van der Waals surface area contributed by atoms with E-state index >= 15 is 0 Å². The van der Waals surface area contributed by atoms with Gasteiger partial charge in [0.15, 0.2) is 0 Å². The van der Waals surface area contributed by atoms with Gasteiger partial charge in [0, 0.05) is 15.4 Å². The van der Waals surface area contributed by atoms with Crippen molar-refractivity contribution in [3.05, 3.63) is 28.7 Å². The molecule has 3 atom stereocenters. The molecule has 0 heterocycles. The highest BCUT2D eigenvalue weighted by Gasteiger charge is 2.19. The normalized spacial score (nSPS) is 16.8. The highest BCUT2D eigenvalue weighted by Crippen LogP contribution is 2.17. The summed E-state index contributed by atoms with van der Waals surface area (Å²) in [5, 5.41) is 3.42. The summed E-state index contributed by atoms with van der Waals surface area (Å²) in [6.07, 6.45) is 0. The molecule has 90 valence electrons. The van der Waals surface area contributed by atoms with Gasteiger partial charge in [-0.15, -0.1) is 0 Å². The van der Waals surface area contributed by atoms with E-state index in [1.807, 2.05) is 31.2 Å². The van der Waals surface area contributed by atoms with Gasteiger partial charge < -0.3 is 5.32 Å². The maximum absolute atomic E-state index is 12.2. The Balaban J connectivity index is 2.73. The summed E-state index contributed by atoms with van der Waals surface area (Å²) in [5.74, 6) is 0. The molecule has 0 radical (unpaired) electrons. The highest BCUT2D eigenvalue weighted by atomic mass is 79.9. The van der Waals surface area contributed by atoms with Crippen molar-refractivity contribution < 1.29 is 4.21 Å². The fourth-order valence-electron chi connectivity index (χ4n) is 1.46. The molecular formula is C12H18BrNOS. The number of hydrogen-bond donors (Lipinski definition) is 1. The second-order valence-corrected chi connectivity index (χ2v) is 6.53. The highest BCUT2D eigenvalue weighted by molar-refractivity contribution is 9.10. The van der Waals surface area contributed by atoms with Gasteiger partial charge in [-0.25, -0.2) is 0 Å². The molecule has 0 aromatic heterocycles. The first-order valence-electron chi connectivity index (χ1n) is 5.45. The lowest BCUT2D eigenvalue weighted by molar-refractivity contribution is 0.550. The Hall–Kier alpha value is -0.190. The molecule has 1 aromatic carbocycles. The molecule has 0 aliphatic carbocycles. The summed E-state index contributed by atoms with van der Waals surface area (Å²) >= 11 is 3.37. The molecule has 3 unspecified atom stereocenters. The van der Waals surface area contributed by atoms with Crippen LogP contribution in [0.2, 0.25) is 0 Å². The third kappa shape index (κ3) is 3.68. The Kier molecular flexibility index (Phi) is 5.66. The topological polar surface area (TPSA) is 29.1 Å². The quantitative estimate of drug-likeness (QED) is 0.906. The summed E-state index contributed by atoms with van der Waals surface area (Å²) in [7, 11) is -0.951. The first-order valence-corrected chi connectivity index (χ1v) is 7.46. The first-order chi connectivity index (χ1) is 7.56. The average Bonchev–Trinajstić information content (AvgIpc) is 2.28. The third-order valence-corrected chi connectivity index (χ3v) is 4.96. The minimum absolute atomic E-state index is 0.112. The van der Waals surface area contributed by atoms with Crippen LogP contribution in [-0.4, -0.2) is 22.0 Å². The Morgan fingerprint density at radius 2 is 1.88 bits per heavy atom.